The van der Waals surface area contributed by atoms with Crippen LogP contribution >= 0.6 is 15.9 Å². The molecule has 0 fully saturated rings. The van der Waals surface area contributed by atoms with Crippen LogP contribution in [0, 0.1) is 0 Å². The highest BCUT2D eigenvalue weighted by Crippen LogP contribution is 2.22. The van der Waals surface area contributed by atoms with E-state index in [0.29, 0.717) is 5.69 Å². The van der Waals surface area contributed by atoms with Gasteiger partial charge in [0.05, 0.1) is 6.42 Å². The third kappa shape index (κ3) is 4.06. The summed E-state index contributed by atoms with van der Waals surface area (Å²) in [4.78, 5) is 22.7. The van der Waals surface area contributed by atoms with Crippen LogP contribution in [0.5, 0.6) is 5.75 Å². The number of aromatic hydroxyl groups is 1. The van der Waals surface area contributed by atoms with Crippen LogP contribution in [-0.4, -0.2) is 22.1 Å². The maximum absolute atomic E-state index is 11.9. The first kappa shape index (κ1) is 15.1. The minimum Gasteiger partial charge on any atom is -0.507 e. The number of amides is 1. The number of aromatic carboxylic acids is 1. The van der Waals surface area contributed by atoms with Gasteiger partial charge in [0, 0.05) is 16.2 Å². The van der Waals surface area contributed by atoms with Crippen molar-refractivity contribution in [2.75, 3.05) is 5.32 Å². The number of halogens is 1. The van der Waals surface area contributed by atoms with Crippen molar-refractivity contribution in [3.8, 4) is 5.75 Å². The minimum absolute atomic E-state index is 0.181. The van der Waals surface area contributed by atoms with Crippen molar-refractivity contribution in [2.45, 2.75) is 6.42 Å². The summed E-state index contributed by atoms with van der Waals surface area (Å²) in [6.45, 7) is 0. The van der Waals surface area contributed by atoms with Gasteiger partial charge in [-0.05, 0) is 29.8 Å². The third-order valence-corrected chi connectivity index (χ3v) is 3.26. The molecule has 3 N–H and O–H groups in total. The Morgan fingerprint density at radius 2 is 1.90 bits per heavy atom. The highest BCUT2D eigenvalue weighted by Gasteiger charge is 2.11. The van der Waals surface area contributed by atoms with Crippen LogP contribution in [0.2, 0.25) is 0 Å². The number of rotatable bonds is 4. The van der Waals surface area contributed by atoms with Crippen molar-refractivity contribution >= 4 is 33.5 Å². The van der Waals surface area contributed by atoms with E-state index in [1.165, 1.54) is 18.2 Å². The van der Waals surface area contributed by atoms with E-state index < -0.39 is 5.97 Å². The molecular formula is C15H12BrNO4. The van der Waals surface area contributed by atoms with Gasteiger partial charge in [-0.1, -0.05) is 28.1 Å². The number of carbonyl (C=O) groups is 2. The zero-order chi connectivity index (χ0) is 15.4. The Bertz CT molecular complexity index is 700. The van der Waals surface area contributed by atoms with Crippen LogP contribution in [0.1, 0.15) is 15.9 Å². The predicted molar refractivity (Wildman–Crippen MR) is 81.5 cm³/mol. The molecule has 0 spiro atoms. The van der Waals surface area contributed by atoms with Crippen molar-refractivity contribution < 1.29 is 19.8 Å². The van der Waals surface area contributed by atoms with Crippen LogP contribution in [0.4, 0.5) is 5.69 Å². The molecule has 0 atom stereocenters. The molecule has 0 aliphatic carbocycles. The number of phenols is 1. The molecule has 6 heteroatoms. The molecule has 108 valence electrons. The second-order valence-electron chi connectivity index (χ2n) is 4.39. The fourth-order valence-electron chi connectivity index (χ4n) is 1.83. The Hall–Kier alpha value is -2.34. The summed E-state index contributed by atoms with van der Waals surface area (Å²) in [5, 5.41) is 21.0. The lowest BCUT2D eigenvalue weighted by atomic mass is 10.1. The van der Waals surface area contributed by atoms with Gasteiger partial charge in [-0.3, -0.25) is 4.79 Å². The van der Waals surface area contributed by atoms with Crippen molar-refractivity contribution in [3.05, 3.63) is 58.1 Å². The first-order chi connectivity index (χ1) is 9.95. The number of hydrogen-bond acceptors (Lipinski definition) is 3. The maximum atomic E-state index is 11.9. The van der Waals surface area contributed by atoms with Crippen LogP contribution in [0.3, 0.4) is 0 Å². The highest BCUT2D eigenvalue weighted by molar-refractivity contribution is 9.10. The van der Waals surface area contributed by atoms with Crippen LogP contribution in [-0.2, 0) is 11.2 Å². The summed E-state index contributed by atoms with van der Waals surface area (Å²) in [5.41, 5.74) is 0.978. The van der Waals surface area contributed by atoms with E-state index in [0.717, 1.165) is 10.0 Å². The summed E-state index contributed by atoms with van der Waals surface area (Å²) in [5.74, 6) is -1.86. The number of carboxylic acid groups (broad SMARTS) is 1. The Balaban J connectivity index is 2.06. The fourth-order valence-corrected chi connectivity index (χ4v) is 2.27. The average Bonchev–Trinajstić information content (AvgIpc) is 2.38. The number of carbonyl (C=O) groups excluding carboxylic acids is 1. The second-order valence-corrected chi connectivity index (χ2v) is 5.31. The lowest BCUT2D eigenvalue weighted by Crippen LogP contribution is -2.14. The number of nitrogens with one attached hydrogen (secondary N) is 1. The Kier molecular flexibility index (Phi) is 4.59. The Morgan fingerprint density at radius 3 is 2.52 bits per heavy atom. The van der Waals surface area contributed by atoms with E-state index in [9.17, 15) is 14.7 Å². The van der Waals surface area contributed by atoms with Crippen molar-refractivity contribution in [3.63, 3.8) is 0 Å². The number of hydrogen-bond donors (Lipinski definition) is 3. The molecule has 1 amide bonds. The molecule has 2 rings (SSSR count). The fraction of sp³-hybridized carbons (Fsp3) is 0.0667. The third-order valence-electron chi connectivity index (χ3n) is 2.77. The Labute approximate surface area is 129 Å². The van der Waals surface area contributed by atoms with E-state index in [1.54, 1.807) is 0 Å². The van der Waals surface area contributed by atoms with Gasteiger partial charge in [0.25, 0.3) is 0 Å². The molecule has 0 saturated carbocycles. The molecular weight excluding hydrogens is 338 g/mol. The second kappa shape index (κ2) is 6.41. The lowest BCUT2D eigenvalue weighted by molar-refractivity contribution is -0.115. The van der Waals surface area contributed by atoms with Gasteiger partial charge >= 0.3 is 5.97 Å². The van der Waals surface area contributed by atoms with Crippen LogP contribution in [0.25, 0.3) is 0 Å². The van der Waals surface area contributed by atoms with Crippen molar-refractivity contribution in [1.29, 1.82) is 0 Å². The molecule has 0 aromatic heterocycles. The zero-order valence-electron chi connectivity index (χ0n) is 10.8. The van der Waals surface area contributed by atoms with Gasteiger partial charge < -0.3 is 15.5 Å². The van der Waals surface area contributed by atoms with Gasteiger partial charge in [-0.15, -0.1) is 0 Å². The van der Waals surface area contributed by atoms with Crippen molar-refractivity contribution in [2.24, 2.45) is 0 Å². The summed E-state index contributed by atoms with van der Waals surface area (Å²) >= 11 is 3.33. The topological polar surface area (TPSA) is 86.6 Å². The van der Waals surface area contributed by atoms with Gasteiger partial charge in [-0.25, -0.2) is 4.79 Å². The number of anilines is 1. The molecule has 5 nitrogen and oxygen atoms in total. The van der Waals surface area contributed by atoms with E-state index in [-0.39, 0.29) is 23.6 Å². The van der Waals surface area contributed by atoms with Gasteiger partial charge in [0.2, 0.25) is 5.91 Å². The zero-order valence-corrected chi connectivity index (χ0v) is 12.4. The molecule has 0 aliphatic rings. The quantitative estimate of drug-likeness (QED) is 0.791. The largest absolute Gasteiger partial charge is 0.507 e. The molecule has 0 heterocycles. The molecule has 2 aromatic carbocycles. The molecule has 0 bridgehead atoms. The van der Waals surface area contributed by atoms with Gasteiger partial charge in [-0.2, -0.15) is 0 Å². The number of benzene rings is 2. The molecule has 0 saturated heterocycles. The van der Waals surface area contributed by atoms with E-state index in [1.807, 2.05) is 24.3 Å². The standard InChI is InChI=1S/C15H12BrNO4/c16-10-3-1-2-9(6-10)7-14(19)17-11-4-5-12(15(20)21)13(18)8-11/h1-6,8,18H,7H2,(H,17,19)(H,20,21). The predicted octanol–water partition coefficient (Wildman–Crippen LogP) is 3.03. The van der Waals surface area contributed by atoms with Crippen molar-refractivity contribution in [1.82, 2.24) is 0 Å². The minimum atomic E-state index is -1.22. The number of carboxylic acids is 1. The first-order valence-electron chi connectivity index (χ1n) is 6.06. The summed E-state index contributed by atoms with van der Waals surface area (Å²) < 4.78 is 0.885. The Morgan fingerprint density at radius 1 is 1.14 bits per heavy atom. The van der Waals surface area contributed by atoms with Crippen LogP contribution in [0.15, 0.2) is 46.9 Å². The normalized spacial score (nSPS) is 10.1. The first-order valence-corrected chi connectivity index (χ1v) is 6.85. The monoisotopic (exact) mass is 349 g/mol. The van der Waals surface area contributed by atoms with Gasteiger partial charge in [0.1, 0.15) is 11.3 Å². The summed E-state index contributed by atoms with van der Waals surface area (Å²) in [7, 11) is 0. The summed E-state index contributed by atoms with van der Waals surface area (Å²) in [6.07, 6.45) is 0.181. The molecule has 0 aliphatic heterocycles. The van der Waals surface area contributed by atoms with E-state index >= 15 is 0 Å². The summed E-state index contributed by atoms with van der Waals surface area (Å²) in [6, 6.07) is 11.3. The van der Waals surface area contributed by atoms with E-state index in [2.05, 4.69) is 21.2 Å². The molecule has 0 radical (unpaired) electrons. The van der Waals surface area contributed by atoms with Crippen LogP contribution < -0.4 is 5.32 Å². The smallest absolute Gasteiger partial charge is 0.339 e. The molecule has 0 unspecified atom stereocenters. The maximum Gasteiger partial charge on any atom is 0.339 e. The van der Waals surface area contributed by atoms with Gasteiger partial charge in [0.15, 0.2) is 0 Å². The molecule has 2 aromatic rings. The highest BCUT2D eigenvalue weighted by atomic mass is 79.9. The average molecular weight is 350 g/mol. The SMILES string of the molecule is O=C(Cc1cccc(Br)c1)Nc1ccc(C(=O)O)c(O)c1. The van der Waals surface area contributed by atoms with E-state index in [4.69, 9.17) is 5.11 Å². The lowest BCUT2D eigenvalue weighted by Gasteiger charge is -2.07. The molecule has 21 heavy (non-hydrogen) atoms.